The fourth-order valence-electron chi connectivity index (χ4n) is 2.29. The average Bonchev–Trinajstić information content (AvgIpc) is 2.28. The maximum absolute atomic E-state index is 11.4. The first-order valence-corrected chi connectivity index (χ1v) is 7.88. The van der Waals surface area contributed by atoms with Crippen LogP contribution in [-0.2, 0) is 17.4 Å². The fraction of sp³-hybridized carbons (Fsp3) is 0.538. The summed E-state index contributed by atoms with van der Waals surface area (Å²) >= 11 is 0. The number of benzene rings is 1. The van der Waals surface area contributed by atoms with Crippen molar-refractivity contribution in [3.63, 3.8) is 0 Å². The molecule has 1 atom stereocenters. The quantitative estimate of drug-likeness (QED) is 0.580. The van der Waals surface area contributed by atoms with Gasteiger partial charge in [0.25, 0.3) is 0 Å². The zero-order valence-corrected chi connectivity index (χ0v) is 12.3. The lowest BCUT2D eigenvalue weighted by Gasteiger charge is -2.21. The van der Waals surface area contributed by atoms with Crippen LogP contribution in [0.2, 0.25) is 0 Å². The van der Waals surface area contributed by atoms with E-state index in [0.717, 1.165) is 29.5 Å². The summed E-state index contributed by atoms with van der Waals surface area (Å²) in [4.78, 5) is 18.6. The Balaban J connectivity index is 3.51. The standard InChI is InChI=1S/C13H22NO3P/c1-5-10-7-12(9(4)18(15,16)17)13(14)11(6-2)8(10)3/h7,9H,5-6,14H2,1-4H3,(H2,15,16,17). The van der Waals surface area contributed by atoms with Gasteiger partial charge in [0.15, 0.2) is 0 Å². The Morgan fingerprint density at radius 1 is 1.33 bits per heavy atom. The van der Waals surface area contributed by atoms with Gasteiger partial charge in [-0.3, -0.25) is 4.57 Å². The molecule has 0 saturated heterocycles. The van der Waals surface area contributed by atoms with Crippen LogP contribution in [0.3, 0.4) is 0 Å². The van der Waals surface area contributed by atoms with E-state index in [9.17, 15) is 14.4 Å². The Hall–Kier alpha value is -0.830. The maximum atomic E-state index is 11.4. The first-order valence-electron chi connectivity index (χ1n) is 6.19. The normalized spacial score (nSPS) is 13.7. The molecule has 0 fully saturated rings. The monoisotopic (exact) mass is 271 g/mol. The first-order chi connectivity index (χ1) is 8.23. The van der Waals surface area contributed by atoms with E-state index >= 15 is 0 Å². The van der Waals surface area contributed by atoms with Crippen LogP contribution in [0.1, 0.15) is 48.7 Å². The van der Waals surface area contributed by atoms with Crippen molar-refractivity contribution in [2.45, 2.75) is 46.2 Å². The van der Waals surface area contributed by atoms with E-state index in [4.69, 9.17) is 5.73 Å². The summed E-state index contributed by atoms with van der Waals surface area (Å²) in [6.07, 6.45) is 1.60. The summed E-state index contributed by atoms with van der Waals surface area (Å²) in [6.45, 7) is 7.58. The SMILES string of the molecule is CCc1cc(C(C)P(=O)(O)O)c(N)c(CC)c1C. The molecule has 102 valence electrons. The molecule has 5 heteroatoms. The smallest absolute Gasteiger partial charge is 0.332 e. The van der Waals surface area contributed by atoms with Gasteiger partial charge in [-0.05, 0) is 48.9 Å². The minimum absolute atomic E-state index is 0.531. The lowest BCUT2D eigenvalue weighted by Crippen LogP contribution is -2.07. The largest absolute Gasteiger partial charge is 0.398 e. The van der Waals surface area contributed by atoms with Crippen molar-refractivity contribution in [3.05, 3.63) is 28.3 Å². The summed E-state index contributed by atoms with van der Waals surface area (Å²) in [6, 6.07) is 1.84. The number of rotatable bonds is 4. The molecular formula is C13H22NO3P. The second-order valence-electron chi connectivity index (χ2n) is 4.61. The van der Waals surface area contributed by atoms with E-state index in [0.29, 0.717) is 11.3 Å². The minimum atomic E-state index is -4.16. The van der Waals surface area contributed by atoms with Gasteiger partial charge in [0.2, 0.25) is 0 Å². The van der Waals surface area contributed by atoms with E-state index in [1.807, 2.05) is 26.8 Å². The molecule has 0 aliphatic carbocycles. The summed E-state index contributed by atoms with van der Waals surface area (Å²) < 4.78 is 11.4. The van der Waals surface area contributed by atoms with Crippen LogP contribution >= 0.6 is 7.60 Å². The van der Waals surface area contributed by atoms with Crippen LogP contribution in [0.15, 0.2) is 6.07 Å². The molecular weight excluding hydrogens is 249 g/mol. The number of anilines is 1. The molecule has 0 saturated carbocycles. The third kappa shape index (κ3) is 2.77. The van der Waals surface area contributed by atoms with Crippen LogP contribution in [0.5, 0.6) is 0 Å². The van der Waals surface area contributed by atoms with Crippen molar-refractivity contribution in [3.8, 4) is 0 Å². The molecule has 0 aliphatic rings. The van der Waals surface area contributed by atoms with Gasteiger partial charge in [0.1, 0.15) is 0 Å². The maximum Gasteiger partial charge on any atom is 0.332 e. The first kappa shape index (κ1) is 15.2. The molecule has 0 bridgehead atoms. The van der Waals surface area contributed by atoms with Gasteiger partial charge in [0, 0.05) is 5.69 Å². The van der Waals surface area contributed by atoms with Crippen LogP contribution in [0.25, 0.3) is 0 Å². The van der Waals surface area contributed by atoms with Crippen molar-refractivity contribution in [2.75, 3.05) is 5.73 Å². The molecule has 4 nitrogen and oxygen atoms in total. The van der Waals surface area contributed by atoms with E-state index in [1.165, 1.54) is 6.92 Å². The van der Waals surface area contributed by atoms with Crippen molar-refractivity contribution in [2.24, 2.45) is 0 Å². The second kappa shape index (κ2) is 5.43. The van der Waals surface area contributed by atoms with E-state index in [-0.39, 0.29) is 0 Å². The van der Waals surface area contributed by atoms with E-state index in [1.54, 1.807) is 0 Å². The van der Waals surface area contributed by atoms with Crippen molar-refractivity contribution >= 4 is 13.3 Å². The molecule has 1 unspecified atom stereocenters. The predicted molar refractivity (Wildman–Crippen MR) is 74.8 cm³/mol. The second-order valence-corrected chi connectivity index (χ2v) is 6.57. The summed E-state index contributed by atoms with van der Waals surface area (Å²) in [5, 5.41) is 0. The molecule has 1 rings (SSSR count). The van der Waals surface area contributed by atoms with Gasteiger partial charge in [-0.15, -0.1) is 0 Å². The lowest BCUT2D eigenvalue weighted by atomic mass is 9.92. The number of hydrogen-bond donors (Lipinski definition) is 3. The van der Waals surface area contributed by atoms with Gasteiger partial charge in [-0.2, -0.15) is 0 Å². The predicted octanol–water partition coefficient (Wildman–Crippen LogP) is 2.94. The Bertz CT molecular complexity index is 493. The molecule has 18 heavy (non-hydrogen) atoms. The van der Waals surface area contributed by atoms with Crippen LogP contribution < -0.4 is 5.73 Å². The number of hydrogen-bond acceptors (Lipinski definition) is 2. The highest BCUT2D eigenvalue weighted by Gasteiger charge is 2.28. The van der Waals surface area contributed by atoms with Gasteiger partial charge in [-0.25, -0.2) is 0 Å². The minimum Gasteiger partial charge on any atom is -0.398 e. The average molecular weight is 271 g/mol. The highest BCUT2D eigenvalue weighted by atomic mass is 31.2. The molecule has 1 aromatic carbocycles. The molecule has 0 heterocycles. The lowest BCUT2D eigenvalue weighted by molar-refractivity contribution is 0.362. The highest BCUT2D eigenvalue weighted by Crippen LogP contribution is 2.53. The Kier molecular flexibility index (Phi) is 4.60. The topological polar surface area (TPSA) is 83.5 Å². The van der Waals surface area contributed by atoms with Gasteiger partial charge >= 0.3 is 7.60 Å². The van der Waals surface area contributed by atoms with Gasteiger partial charge < -0.3 is 15.5 Å². The number of aryl methyl sites for hydroxylation is 1. The zero-order chi connectivity index (χ0) is 14.1. The third-order valence-corrected chi connectivity index (χ3v) is 4.88. The molecule has 0 aliphatic heterocycles. The van der Waals surface area contributed by atoms with Crippen molar-refractivity contribution in [1.29, 1.82) is 0 Å². The Labute approximate surface area is 108 Å². The van der Waals surface area contributed by atoms with Crippen molar-refractivity contribution in [1.82, 2.24) is 0 Å². The Morgan fingerprint density at radius 2 is 1.89 bits per heavy atom. The van der Waals surface area contributed by atoms with E-state index < -0.39 is 13.3 Å². The number of nitrogen functional groups attached to an aromatic ring is 1. The summed E-state index contributed by atoms with van der Waals surface area (Å²) in [5.74, 6) is 0. The van der Waals surface area contributed by atoms with Gasteiger partial charge in [0.05, 0.1) is 5.66 Å². The molecule has 4 N–H and O–H groups in total. The molecule has 0 spiro atoms. The van der Waals surface area contributed by atoms with Crippen LogP contribution in [0.4, 0.5) is 5.69 Å². The van der Waals surface area contributed by atoms with Crippen LogP contribution in [-0.4, -0.2) is 9.79 Å². The molecule has 0 radical (unpaired) electrons. The summed E-state index contributed by atoms with van der Waals surface area (Å²) in [7, 11) is -4.16. The van der Waals surface area contributed by atoms with Crippen LogP contribution in [0, 0.1) is 6.92 Å². The highest BCUT2D eigenvalue weighted by molar-refractivity contribution is 7.52. The molecule has 0 aromatic heterocycles. The summed E-state index contributed by atoms with van der Waals surface area (Å²) in [5.41, 5.74) is 9.57. The van der Waals surface area contributed by atoms with E-state index in [2.05, 4.69) is 0 Å². The van der Waals surface area contributed by atoms with Gasteiger partial charge in [-0.1, -0.05) is 19.9 Å². The molecule has 1 aromatic rings. The fourth-order valence-corrected chi connectivity index (χ4v) is 2.87. The Morgan fingerprint density at radius 3 is 2.28 bits per heavy atom. The number of nitrogens with two attached hydrogens (primary N) is 1. The zero-order valence-electron chi connectivity index (χ0n) is 11.4. The third-order valence-electron chi connectivity index (χ3n) is 3.59. The molecule has 0 amide bonds. The van der Waals surface area contributed by atoms with Crippen molar-refractivity contribution < 1.29 is 14.4 Å².